The predicted octanol–water partition coefficient (Wildman–Crippen LogP) is -0.263. The summed E-state index contributed by atoms with van der Waals surface area (Å²) in [6.45, 7) is 4.80. The van der Waals surface area contributed by atoms with E-state index >= 15 is 0 Å². The number of hydrogen-bond donors (Lipinski definition) is 6. The van der Waals surface area contributed by atoms with Crippen LogP contribution in [0, 0.1) is 5.92 Å². The topological polar surface area (TPSA) is 179 Å². The first-order chi connectivity index (χ1) is 16.1. The van der Waals surface area contributed by atoms with Crippen molar-refractivity contribution in [3.8, 4) is 0 Å². The number of carbonyl (C=O) groups excluding carboxylic acids is 3. The average Bonchev–Trinajstić information content (AvgIpc) is 3.30. The lowest BCUT2D eigenvalue weighted by molar-refractivity contribution is -0.143. The first-order valence-electron chi connectivity index (χ1n) is 11.0. The molecular formula is C23H32N6O5. The highest BCUT2D eigenvalue weighted by Gasteiger charge is 2.30. The van der Waals surface area contributed by atoms with Crippen LogP contribution in [0.25, 0.3) is 0 Å². The summed E-state index contributed by atoms with van der Waals surface area (Å²) in [6.07, 6.45) is 3.28. The minimum Gasteiger partial charge on any atom is -0.480 e. The van der Waals surface area contributed by atoms with Crippen LogP contribution in [0.5, 0.6) is 0 Å². The summed E-state index contributed by atoms with van der Waals surface area (Å²) in [6, 6.07) is 5.19. The summed E-state index contributed by atoms with van der Waals surface area (Å²) in [5, 5.41) is 17.0. The van der Waals surface area contributed by atoms with Crippen LogP contribution in [0.3, 0.4) is 0 Å². The SMILES string of the molecule is CC(NC(=O)C(N)Cc1ccccc1)C(=O)NC(Cc1cnc[nH]1)C(=O)NC(C(=O)O)C(C)C. The monoisotopic (exact) mass is 472 g/mol. The molecule has 184 valence electrons. The Bertz CT molecular complexity index is 963. The van der Waals surface area contributed by atoms with Gasteiger partial charge in [-0.2, -0.15) is 0 Å². The van der Waals surface area contributed by atoms with Crippen molar-refractivity contribution in [2.45, 2.75) is 57.8 Å². The minimum atomic E-state index is -1.18. The molecule has 0 aliphatic rings. The lowest BCUT2D eigenvalue weighted by Crippen LogP contribution is -2.57. The second-order valence-corrected chi connectivity index (χ2v) is 8.44. The number of carbonyl (C=O) groups is 4. The number of nitrogens with zero attached hydrogens (tertiary/aromatic N) is 1. The molecule has 4 unspecified atom stereocenters. The van der Waals surface area contributed by atoms with Gasteiger partial charge in [-0.05, 0) is 24.8 Å². The maximum absolute atomic E-state index is 12.8. The molecule has 11 heteroatoms. The lowest BCUT2D eigenvalue weighted by atomic mass is 10.0. The van der Waals surface area contributed by atoms with Crippen molar-refractivity contribution in [1.82, 2.24) is 25.9 Å². The van der Waals surface area contributed by atoms with Crippen LogP contribution in [0.15, 0.2) is 42.9 Å². The molecule has 1 aromatic carbocycles. The van der Waals surface area contributed by atoms with E-state index in [9.17, 15) is 24.3 Å². The van der Waals surface area contributed by atoms with E-state index in [-0.39, 0.29) is 12.3 Å². The molecule has 0 saturated carbocycles. The number of carboxylic acids is 1. The zero-order valence-corrected chi connectivity index (χ0v) is 19.4. The highest BCUT2D eigenvalue weighted by atomic mass is 16.4. The Balaban J connectivity index is 2.02. The molecule has 11 nitrogen and oxygen atoms in total. The van der Waals surface area contributed by atoms with Crippen LogP contribution in [-0.4, -0.2) is 62.9 Å². The standard InChI is InChI=1S/C23H32N6O5/c1-13(2)19(23(33)34)29-22(32)18(10-16-11-25-12-26-16)28-20(30)14(3)27-21(31)17(24)9-15-7-5-4-6-8-15/h4-8,11-14,17-19H,9-10,24H2,1-3H3,(H,25,26)(H,27,31)(H,28,30)(H,29,32)(H,33,34). The Morgan fingerprint density at radius 3 is 2.21 bits per heavy atom. The quantitative estimate of drug-likeness (QED) is 0.246. The number of rotatable bonds is 12. The third-order valence-electron chi connectivity index (χ3n) is 5.23. The Morgan fingerprint density at radius 2 is 1.65 bits per heavy atom. The Morgan fingerprint density at radius 1 is 0.971 bits per heavy atom. The third kappa shape index (κ3) is 8.00. The van der Waals surface area contributed by atoms with Gasteiger partial charge in [0.15, 0.2) is 0 Å². The molecular weight excluding hydrogens is 440 g/mol. The van der Waals surface area contributed by atoms with Crippen molar-refractivity contribution in [1.29, 1.82) is 0 Å². The highest BCUT2D eigenvalue weighted by molar-refractivity contribution is 5.94. The molecule has 34 heavy (non-hydrogen) atoms. The van der Waals surface area contributed by atoms with E-state index in [0.717, 1.165) is 5.56 Å². The van der Waals surface area contributed by atoms with Gasteiger partial charge in [0.1, 0.15) is 18.1 Å². The first kappa shape index (κ1) is 26.5. The fourth-order valence-corrected chi connectivity index (χ4v) is 3.24. The van der Waals surface area contributed by atoms with Crippen molar-refractivity contribution in [3.63, 3.8) is 0 Å². The van der Waals surface area contributed by atoms with Gasteiger partial charge < -0.3 is 31.8 Å². The Kier molecular flexibility index (Phi) is 9.75. The van der Waals surface area contributed by atoms with Gasteiger partial charge >= 0.3 is 5.97 Å². The molecule has 0 saturated heterocycles. The van der Waals surface area contributed by atoms with Gasteiger partial charge in [-0.15, -0.1) is 0 Å². The number of aromatic amines is 1. The molecule has 2 rings (SSSR count). The van der Waals surface area contributed by atoms with Gasteiger partial charge in [-0.1, -0.05) is 44.2 Å². The van der Waals surface area contributed by atoms with E-state index in [1.165, 1.54) is 19.4 Å². The van der Waals surface area contributed by atoms with Crippen molar-refractivity contribution in [2.24, 2.45) is 11.7 Å². The van der Waals surface area contributed by atoms with Crippen LogP contribution in [0.1, 0.15) is 32.0 Å². The second kappa shape index (κ2) is 12.5. The molecule has 0 aliphatic carbocycles. The molecule has 4 atom stereocenters. The van der Waals surface area contributed by atoms with Crippen molar-refractivity contribution in [3.05, 3.63) is 54.1 Å². The van der Waals surface area contributed by atoms with Crippen LogP contribution in [0.2, 0.25) is 0 Å². The molecule has 7 N–H and O–H groups in total. The third-order valence-corrected chi connectivity index (χ3v) is 5.23. The van der Waals surface area contributed by atoms with Gasteiger partial charge in [0, 0.05) is 18.3 Å². The fourth-order valence-electron chi connectivity index (χ4n) is 3.24. The van der Waals surface area contributed by atoms with Crippen LogP contribution >= 0.6 is 0 Å². The molecule has 2 aromatic rings. The second-order valence-electron chi connectivity index (χ2n) is 8.44. The number of nitrogens with two attached hydrogens (primary N) is 1. The van der Waals surface area contributed by atoms with Crippen molar-refractivity contribution >= 4 is 23.7 Å². The average molecular weight is 473 g/mol. The summed E-state index contributed by atoms with van der Waals surface area (Å²) in [4.78, 5) is 56.3. The number of aliphatic carboxylic acids is 1. The smallest absolute Gasteiger partial charge is 0.326 e. The maximum Gasteiger partial charge on any atom is 0.326 e. The molecule has 0 spiro atoms. The number of nitrogens with one attached hydrogen (secondary N) is 4. The number of amides is 3. The largest absolute Gasteiger partial charge is 0.480 e. The van der Waals surface area contributed by atoms with Crippen molar-refractivity contribution in [2.75, 3.05) is 0 Å². The molecule has 0 bridgehead atoms. The number of imidazole rings is 1. The summed E-state index contributed by atoms with van der Waals surface area (Å²) in [5.41, 5.74) is 7.43. The normalized spacial score (nSPS) is 14.5. The molecule has 1 aromatic heterocycles. The van der Waals surface area contributed by atoms with Gasteiger partial charge in [-0.25, -0.2) is 9.78 Å². The zero-order valence-electron chi connectivity index (χ0n) is 19.4. The molecule has 0 radical (unpaired) electrons. The number of carboxylic acid groups (broad SMARTS) is 1. The number of H-pyrrole nitrogens is 1. The van der Waals surface area contributed by atoms with E-state index in [2.05, 4.69) is 25.9 Å². The van der Waals surface area contributed by atoms with E-state index < -0.39 is 47.9 Å². The van der Waals surface area contributed by atoms with Crippen LogP contribution in [-0.2, 0) is 32.0 Å². The Hall–Kier alpha value is -3.73. The molecule has 3 amide bonds. The van der Waals surface area contributed by atoms with Gasteiger partial charge in [0.25, 0.3) is 0 Å². The summed E-state index contributed by atoms with van der Waals surface area (Å²) in [5.74, 6) is -3.33. The molecule has 0 fully saturated rings. The van der Waals surface area contributed by atoms with E-state index in [1.54, 1.807) is 13.8 Å². The van der Waals surface area contributed by atoms with Gasteiger partial charge in [-0.3, -0.25) is 14.4 Å². The van der Waals surface area contributed by atoms with Crippen LogP contribution in [0.4, 0.5) is 0 Å². The lowest BCUT2D eigenvalue weighted by Gasteiger charge is -2.24. The number of benzene rings is 1. The number of aromatic nitrogens is 2. The predicted molar refractivity (Wildman–Crippen MR) is 124 cm³/mol. The van der Waals surface area contributed by atoms with Crippen molar-refractivity contribution < 1.29 is 24.3 Å². The zero-order chi connectivity index (χ0) is 25.3. The van der Waals surface area contributed by atoms with E-state index in [4.69, 9.17) is 5.73 Å². The van der Waals surface area contributed by atoms with E-state index in [0.29, 0.717) is 12.1 Å². The maximum atomic E-state index is 12.8. The molecule has 1 heterocycles. The fraction of sp³-hybridized carbons (Fsp3) is 0.435. The summed E-state index contributed by atoms with van der Waals surface area (Å²) >= 11 is 0. The molecule has 0 aliphatic heterocycles. The number of hydrogen-bond acceptors (Lipinski definition) is 6. The van der Waals surface area contributed by atoms with Gasteiger partial charge in [0.2, 0.25) is 17.7 Å². The van der Waals surface area contributed by atoms with Crippen LogP contribution < -0.4 is 21.7 Å². The summed E-state index contributed by atoms with van der Waals surface area (Å²) < 4.78 is 0. The van der Waals surface area contributed by atoms with Gasteiger partial charge in [0.05, 0.1) is 12.4 Å². The first-order valence-corrected chi connectivity index (χ1v) is 11.0. The highest BCUT2D eigenvalue weighted by Crippen LogP contribution is 2.06. The van der Waals surface area contributed by atoms with E-state index in [1.807, 2.05) is 30.3 Å². The summed E-state index contributed by atoms with van der Waals surface area (Å²) in [7, 11) is 0. The minimum absolute atomic E-state index is 0.0518. The Labute approximate surface area is 197 Å².